The zero-order chi connectivity index (χ0) is 27.4. The van der Waals surface area contributed by atoms with Crippen molar-refractivity contribution in [2.75, 3.05) is 32.6 Å². The van der Waals surface area contributed by atoms with Crippen LogP contribution in [0, 0.1) is 0 Å². The van der Waals surface area contributed by atoms with Crippen molar-refractivity contribution in [3.8, 4) is 11.5 Å². The first-order valence-electron chi connectivity index (χ1n) is 12.0. The van der Waals surface area contributed by atoms with Crippen molar-refractivity contribution in [1.82, 2.24) is 10.2 Å². The maximum Gasteiger partial charge on any atom is 0.405 e. The second-order valence-electron chi connectivity index (χ2n) is 9.16. The quantitative estimate of drug-likeness (QED) is 0.588. The lowest BCUT2D eigenvalue weighted by molar-refractivity contribution is -0.144. The van der Waals surface area contributed by atoms with Gasteiger partial charge in [-0.15, -0.1) is 0 Å². The average molecular weight is 536 g/mol. The molecule has 12 heteroatoms. The van der Waals surface area contributed by atoms with Crippen molar-refractivity contribution in [2.24, 2.45) is 0 Å². The number of hydrogen-bond acceptors (Lipinski definition) is 6. The molecule has 1 saturated heterocycles. The molecule has 2 aromatic rings. The number of carbonyl (C=O) groups is 3. The molecule has 9 nitrogen and oxygen atoms in total. The summed E-state index contributed by atoms with van der Waals surface area (Å²) in [6.07, 6.45) is -5.00. The molecule has 2 N–H and O–H groups in total. The molecule has 2 aromatic carbocycles. The fraction of sp³-hybridized carbons (Fsp3) is 0.423. The third-order valence-corrected chi connectivity index (χ3v) is 6.50. The Labute approximate surface area is 217 Å². The normalized spacial score (nSPS) is 21.2. The van der Waals surface area contributed by atoms with E-state index in [9.17, 15) is 27.6 Å². The van der Waals surface area contributed by atoms with Crippen LogP contribution in [0.15, 0.2) is 42.5 Å². The van der Waals surface area contributed by atoms with Gasteiger partial charge in [0.15, 0.2) is 0 Å². The molecule has 0 spiro atoms. The second kappa shape index (κ2) is 11.3. The Hall–Kier alpha value is -3.80. The molecule has 0 aromatic heterocycles. The van der Waals surface area contributed by atoms with Crippen LogP contribution in [0.4, 0.5) is 18.9 Å². The van der Waals surface area contributed by atoms with Crippen molar-refractivity contribution in [1.29, 1.82) is 0 Å². The minimum absolute atomic E-state index is 0.0749. The number of nitrogens with one attached hydrogen (secondary N) is 2. The molecule has 2 aliphatic heterocycles. The Bertz CT molecular complexity index is 1200. The molecule has 204 valence electrons. The molecule has 0 saturated carbocycles. The zero-order valence-corrected chi connectivity index (χ0v) is 20.8. The van der Waals surface area contributed by atoms with Gasteiger partial charge in [-0.1, -0.05) is 6.07 Å². The molecule has 0 aliphatic carbocycles. The average Bonchev–Trinajstić information content (AvgIpc) is 2.89. The molecule has 4 rings (SSSR count). The molecule has 38 heavy (non-hydrogen) atoms. The maximum absolute atomic E-state index is 13.4. The topological polar surface area (TPSA) is 106 Å². The van der Waals surface area contributed by atoms with Gasteiger partial charge < -0.3 is 29.7 Å². The van der Waals surface area contributed by atoms with Gasteiger partial charge in [0.2, 0.25) is 5.91 Å². The highest BCUT2D eigenvalue weighted by atomic mass is 19.4. The smallest absolute Gasteiger partial charge is 0.405 e. The Morgan fingerprint density at radius 3 is 2.68 bits per heavy atom. The van der Waals surface area contributed by atoms with Gasteiger partial charge in [-0.3, -0.25) is 14.4 Å². The molecule has 0 radical (unpaired) electrons. The standard InChI is InChI=1S/C26H28F3N3O6/c1-32-20-8-7-18(12-23(33)30-14-26(27,28)29)38-22(20)13-37-21-9-6-16(11-19(21)25(32)35)31-24(34)15-4-3-5-17(10-15)36-2/h3-6,9-11,18,20,22H,7-8,12-14H2,1-2H3,(H,30,33)(H,31,34)/t18-,20-,22-/m1/s1. The highest BCUT2D eigenvalue weighted by molar-refractivity contribution is 6.05. The molecule has 0 bridgehead atoms. The van der Waals surface area contributed by atoms with Gasteiger partial charge in [0.05, 0.1) is 31.2 Å². The number of halogens is 3. The molecule has 3 atom stereocenters. The Kier molecular flexibility index (Phi) is 8.10. The van der Waals surface area contributed by atoms with Crippen molar-refractivity contribution in [3.63, 3.8) is 0 Å². The molecule has 2 heterocycles. The molecule has 1 fully saturated rings. The van der Waals surface area contributed by atoms with E-state index in [0.717, 1.165) is 0 Å². The first-order chi connectivity index (χ1) is 18.0. The zero-order valence-electron chi connectivity index (χ0n) is 20.8. The minimum atomic E-state index is -4.49. The lowest BCUT2D eigenvalue weighted by atomic mass is 9.94. The number of alkyl halides is 3. The largest absolute Gasteiger partial charge is 0.497 e. The Balaban J connectivity index is 1.43. The summed E-state index contributed by atoms with van der Waals surface area (Å²) in [6.45, 7) is -1.32. The van der Waals surface area contributed by atoms with Crippen LogP contribution < -0.4 is 20.1 Å². The van der Waals surface area contributed by atoms with E-state index in [1.165, 1.54) is 7.11 Å². The summed E-state index contributed by atoms with van der Waals surface area (Å²) in [4.78, 5) is 39.5. The highest BCUT2D eigenvalue weighted by Gasteiger charge is 2.39. The van der Waals surface area contributed by atoms with Crippen LogP contribution in [-0.2, 0) is 9.53 Å². The van der Waals surface area contributed by atoms with Crippen LogP contribution in [0.3, 0.4) is 0 Å². The van der Waals surface area contributed by atoms with E-state index in [-0.39, 0.29) is 36.4 Å². The molecule has 0 unspecified atom stereocenters. The SMILES string of the molecule is COc1cccc(C(=O)Nc2ccc3c(c2)C(=O)N(C)[C@@H]2CC[C@H](CC(=O)NCC(F)(F)F)O[C@@H]2CO3)c1. The Morgan fingerprint density at radius 2 is 1.95 bits per heavy atom. The number of amides is 3. The summed E-state index contributed by atoms with van der Waals surface area (Å²) in [7, 11) is 3.14. The van der Waals surface area contributed by atoms with E-state index in [4.69, 9.17) is 14.2 Å². The van der Waals surface area contributed by atoms with E-state index in [1.807, 2.05) is 5.32 Å². The minimum Gasteiger partial charge on any atom is -0.497 e. The van der Waals surface area contributed by atoms with Gasteiger partial charge in [-0.05, 0) is 49.2 Å². The number of rotatable bonds is 6. The molecule has 3 amide bonds. The summed E-state index contributed by atoms with van der Waals surface area (Å²) in [5.41, 5.74) is 1.06. The third kappa shape index (κ3) is 6.55. The summed E-state index contributed by atoms with van der Waals surface area (Å²) in [5, 5.41) is 4.63. The number of likely N-dealkylation sites (N-methyl/N-ethyl adjacent to an activating group) is 1. The van der Waals surface area contributed by atoms with Crippen molar-refractivity contribution in [2.45, 2.75) is 43.7 Å². The van der Waals surface area contributed by atoms with Crippen LogP contribution in [0.2, 0.25) is 0 Å². The van der Waals surface area contributed by atoms with Gasteiger partial charge in [0.25, 0.3) is 11.8 Å². The number of hydrogen-bond donors (Lipinski definition) is 2. The van der Waals surface area contributed by atoms with Crippen LogP contribution in [-0.4, -0.2) is 74.4 Å². The lowest BCUT2D eigenvalue weighted by Gasteiger charge is -2.42. The van der Waals surface area contributed by atoms with Crippen molar-refractivity contribution < 1.29 is 41.8 Å². The first kappa shape index (κ1) is 27.2. The summed E-state index contributed by atoms with van der Waals surface area (Å²) in [5.74, 6) is -0.627. The summed E-state index contributed by atoms with van der Waals surface area (Å²) < 4.78 is 54.1. The van der Waals surface area contributed by atoms with Crippen molar-refractivity contribution in [3.05, 3.63) is 53.6 Å². The second-order valence-corrected chi connectivity index (χ2v) is 9.16. The van der Waals surface area contributed by atoms with Gasteiger partial charge in [-0.2, -0.15) is 13.2 Å². The van der Waals surface area contributed by atoms with Crippen LogP contribution in [0.1, 0.15) is 40.0 Å². The number of ether oxygens (including phenoxy) is 3. The van der Waals surface area contributed by atoms with Crippen LogP contribution in [0.25, 0.3) is 0 Å². The number of methoxy groups -OCH3 is 1. The maximum atomic E-state index is 13.4. The number of fused-ring (bicyclic) bond motifs is 2. The van der Waals surface area contributed by atoms with Gasteiger partial charge in [0.1, 0.15) is 30.8 Å². The van der Waals surface area contributed by atoms with Gasteiger partial charge in [-0.25, -0.2) is 0 Å². The van der Waals surface area contributed by atoms with E-state index in [1.54, 1.807) is 54.4 Å². The van der Waals surface area contributed by atoms with Crippen molar-refractivity contribution >= 4 is 23.4 Å². The highest BCUT2D eigenvalue weighted by Crippen LogP contribution is 2.32. The first-order valence-corrected chi connectivity index (χ1v) is 12.0. The molecule has 2 aliphatic rings. The number of benzene rings is 2. The number of carbonyl (C=O) groups excluding carboxylic acids is 3. The fourth-order valence-electron chi connectivity index (χ4n) is 4.55. The van der Waals surface area contributed by atoms with E-state index in [2.05, 4.69) is 5.32 Å². The Morgan fingerprint density at radius 1 is 1.16 bits per heavy atom. The fourth-order valence-corrected chi connectivity index (χ4v) is 4.55. The van der Waals surface area contributed by atoms with Gasteiger partial charge in [0, 0.05) is 18.3 Å². The predicted molar refractivity (Wildman–Crippen MR) is 130 cm³/mol. The number of anilines is 1. The molecular weight excluding hydrogens is 507 g/mol. The number of nitrogens with zero attached hydrogens (tertiary/aromatic N) is 1. The monoisotopic (exact) mass is 535 g/mol. The van der Waals surface area contributed by atoms with Crippen LogP contribution in [0.5, 0.6) is 11.5 Å². The lowest BCUT2D eigenvalue weighted by Crippen LogP contribution is -2.54. The van der Waals surface area contributed by atoms with E-state index in [0.29, 0.717) is 35.6 Å². The predicted octanol–water partition coefficient (Wildman–Crippen LogP) is 3.40. The van der Waals surface area contributed by atoms with E-state index < -0.39 is 30.8 Å². The molecular formula is C26H28F3N3O6. The van der Waals surface area contributed by atoms with Gasteiger partial charge >= 0.3 is 6.18 Å². The third-order valence-electron chi connectivity index (χ3n) is 6.50. The summed E-state index contributed by atoms with van der Waals surface area (Å²) >= 11 is 0. The summed E-state index contributed by atoms with van der Waals surface area (Å²) in [6, 6.07) is 11.0. The van der Waals surface area contributed by atoms with E-state index >= 15 is 0 Å². The van der Waals surface area contributed by atoms with Crippen LogP contribution >= 0.6 is 0 Å².